The monoisotopic (exact) mass is 321 g/mol. The third-order valence-electron chi connectivity index (χ3n) is 4.40. The minimum Gasteiger partial charge on any atom is -0.461 e. The third-order valence-corrected chi connectivity index (χ3v) is 4.40. The summed E-state index contributed by atoms with van der Waals surface area (Å²) in [7, 11) is 0. The van der Waals surface area contributed by atoms with Gasteiger partial charge in [0.05, 0.1) is 6.04 Å². The van der Waals surface area contributed by atoms with E-state index in [1.807, 2.05) is 20.8 Å². The van der Waals surface area contributed by atoms with E-state index in [4.69, 9.17) is 9.47 Å². The van der Waals surface area contributed by atoms with Crippen LogP contribution < -0.4 is 0 Å². The summed E-state index contributed by atoms with van der Waals surface area (Å²) in [5.41, 5.74) is 1.67. The molecule has 0 amide bonds. The van der Waals surface area contributed by atoms with E-state index in [0.29, 0.717) is 24.5 Å². The molecule has 0 saturated carbocycles. The van der Waals surface area contributed by atoms with E-state index in [1.165, 1.54) is 0 Å². The molecule has 5 nitrogen and oxygen atoms in total. The average molecular weight is 321 g/mol. The van der Waals surface area contributed by atoms with Crippen molar-refractivity contribution in [2.24, 2.45) is 5.92 Å². The van der Waals surface area contributed by atoms with Crippen molar-refractivity contribution in [3.8, 4) is 0 Å². The lowest BCUT2D eigenvalue weighted by Gasteiger charge is -2.24. The Morgan fingerprint density at radius 2 is 2.17 bits per heavy atom. The molecule has 0 aliphatic carbocycles. The average Bonchev–Trinajstić information content (AvgIpc) is 3.06. The number of fused-ring (bicyclic) bond motifs is 1. The number of esters is 2. The molecule has 5 heteroatoms. The van der Waals surface area contributed by atoms with E-state index in [0.717, 1.165) is 25.1 Å². The van der Waals surface area contributed by atoms with Crippen molar-refractivity contribution in [2.75, 3.05) is 19.7 Å². The molecule has 0 radical (unpaired) electrons. The molecule has 0 aromatic rings. The Bertz CT molecular complexity index is 521. The fourth-order valence-electron chi connectivity index (χ4n) is 3.03. The molecule has 2 aliphatic rings. The number of hydrogen-bond acceptors (Lipinski definition) is 5. The normalized spacial score (nSPS) is 24.6. The predicted octanol–water partition coefficient (Wildman–Crippen LogP) is 2.47. The van der Waals surface area contributed by atoms with Gasteiger partial charge in [0.15, 0.2) is 0 Å². The molecular formula is C18H27NO4. The van der Waals surface area contributed by atoms with Crippen molar-refractivity contribution < 1.29 is 19.1 Å². The molecule has 23 heavy (non-hydrogen) atoms. The molecule has 128 valence electrons. The van der Waals surface area contributed by atoms with Gasteiger partial charge in [0.1, 0.15) is 12.7 Å². The lowest BCUT2D eigenvalue weighted by atomic mass is 10.0. The summed E-state index contributed by atoms with van der Waals surface area (Å²) in [6.07, 6.45) is 4.95. The standard InChI is InChI=1S/C18H27NO4/c1-5-13(4)18(21)23-15-7-9-19-8-6-14(17(15)19)11-22-16(20)10-12(2)3/h5-6,12,15,17H,7-11H2,1-4H3/b13-5+/t15-,17+/m0/s1. The first-order chi connectivity index (χ1) is 10.9. The summed E-state index contributed by atoms with van der Waals surface area (Å²) in [5, 5.41) is 0. The van der Waals surface area contributed by atoms with Crippen molar-refractivity contribution in [2.45, 2.75) is 52.7 Å². The minimum absolute atomic E-state index is 0.0513. The molecule has 2 atom stereocenters. The highest BCUT2D eigenvalue weighted by atomic mass is 16.5. The van der Waals surface area contributed by atoms with Gasteiger partial charge in [-0.1, -0.05) is 26.0 Å². The Hall–Kier alpha value is -1.62. The van der Waals surface area contributed by atoms with Crippen LogP contribution in [0.4, 0.5) is 0 Å². The maximum atomic E-state index is 12.0. The van der Waals surface area contributed by atoms with E-state index >= 15 is 0 Å². The van der Waals surface area contributed by atoms with Crippen molar-refractivity contribution in [3.05, 3.63) is 23.3 Å². The zero-order valence-corrected chi connectivity index (χ0v) is 14.5. The lowest BCUT2D eigenvalue weighted by molar-refractivity contribution is -0.146. The van der Waals surface area contributed by atoms with Gasteiger partial charge in [-0.3, -0.25) is 9.69 Å². The maximum Gasteiger partial charge on any atom is 0.333 e. The van der Waals surface area contributed by atoms with E-state index in [1.54, 1.807) is 13.0 Å². The summed E-state index contributed by atoms with van der Waals surface area (Å²) in [4.78, 5) is 26.0. The van der Waals surface area contributed by atoms with Crippen LogP contribution in [0.15, 0.2) is 23.3 Å². The molecule has 0 aromatic carbocycles. The summed E-state index contributed by atoms with van der Waals surface area (Å²) in [6.45, 7) is 9.60. The molecule has 0 spiro atoms. The molecule has 2 aliphatic heterocycles. The number of hydrogen-bond donors (Lipinski definition) is 0. The molecule has 0 bridgehead atoms. The fraction of sp³-hybridized carbons (Fsp3) is 0.667. The number of carbonyl (C=O) groups is 2. The first kappa shape index (κ1) is 17.7. The van der Waals surface area contributed by atoms with E-state index in [-0.39, 0.29) is 24.1 Å². The largest absolute Gasteiger partial charge is 0.461 e. The zero-order chi connectivity index (χ0) is 17.0. The topological polar surface area (TPSA) is 55.8 Å². The van der Waals surface area contributed by atoms with Crippen LogP contribution in [0.25, 0.3) is 0 Å². The van der Waals surface area contributed by atoms with Gasteiger partial charge in [-0.25, -0.2) is 4.79 Å². The highest BCUT2D eigenvalue weighted by Gasteiger charge is 2.41. The fourth-order valence-corrected chi connectivity index (χ4v) is 3.03. The second-order valence-electron chi connectivity index (χ2n) is 6.68. The smallest absolute Gasteiger partial charge is 0.333 e. The van der Waals surface area contributed by atoms with Crippen molar-refractivity contribution >= 4 is 11.9 Å². The second kappa shape index (κ2) is 7.77. The Kier molecular flexibility index (Phi) is 5.99. The predicted molar refractivity (Wildman–Crippen MR) is 87.8 cm³/mol. The van der Waals surface area contributed by atoms with Gasteiger partial charge >= 0.3 is 11.9 Å². The lowest BCUT2D eigenvalue weighted by Crippen LogP contribution is -2.36. The first-order valence-electron chi connectivity index (χ1n) is 8.34. The highest BCUT2D eigenvalue weighted by molar-refractivity contribution is 5.87. The Balaban J connectivity index is 1.92. The van der Waals surface area contributed by atoms with Crippen molar-refractivity contribution in [1.82, 2.24) is 4.90 Å². The van der Waals surface area contributed by atoms with Gasteiger partial charge in [0.2, 0.25) is 0 Å². The second-order valence-corrected chi connectivity index (χ2v) is 6.68. The van der Waals surface area contributed by atoms with Crippen LogP contribution in [-0.2, 0) is 19.1 Å². The molecule has 0 aromatic heterocycles. The number of nitrogens with zero attached hydrogens (tertiary/aromatic N) is 1. The summed E-state index contributed by atoms with van der Waals surface area (Å²) < 4.78 is 11.0. The van der Waals surface area contributed by atoms with Crippen LogP contribution in [0.2, 0.25) is 0 Å². The molecule has 2 rings (SSSR count). The van der Waals surface area contributed by atoms with Crippen molar-refractivity contribution in [3.63, 3.8) is 0 Å². The molecule has 0 unspecified atom stereocenters. The van der Waals surface area contributed by atoms with Gasteiger partial charge in [-0.15, -0.1) is 0 Å². The zero-order valence-electron chi connectivity index (χ0n) is 14.5. The highest BCUT2D eigenvalue weighted by Crippen LogP contribution is 2.31. The number of allylic oxidation sites excluding steroid dienone is 1. The van der Waals surface area contributed by atoms with E-state index in [9.17, 15) is 9.59 Å². The van der Waals surface area contributed by atoms with Crippen LogP contribution in [0.1, 0.15) is 40.5 Å². The van der Waals surface area contributed by atoms with Crippen LogP contribution in [0, 0.1) is 5.92 Å². The molecule has 1 fully saturated rings. The quantitative estimate of drug-likeness (QED) is 0.427. The SMILES string of the molecule is C/C=C(\C)C(=O)O[C@H]1CCN2CC=C(COC(=O)CC(C)C)[C@H]12. The van der Waals surface area contributed by atoms with Gasteiger partial charge in [0.25, 0.3) is 0 Å². The molecule has 0 N–H and O–H groups in total. The van der Waals surface area contributed by atoms with Crippen LogP contribution in [0.5, 0.6) is 0 Å². The molecule has 1 saturated heterocycles. The molecule has 2 heterocycles. The number of ether oxygens (including phenoxy) is 2. The minimum atomic E-state index is -0.262. The maximum absolute atomic E-state index is 12.0. The van der Waals surface area contributed by atoms with Gasteiger partial charge in [-0.05, 0) is 31.8 Å². The molecular weight excluding hydrogens is 294 g/mol. The van der Waals surface area contributed by atoms with Crippen LogP contribution >= 0.6 is 0 Å². The van der Waals surface area contributed by atoms with Crippen molar-refractivity contribution in [1.29, 1.82) is 0 Å². The van der Waals surface area contributed by atoms with E-state index in [2.05, 4.69) is 11.0 Å². The van der Waals surface area contributed by atoms with Gasteiger partial charge in [-0.2, -0.15) is 0 Å². The number of carbonyl (C=O) groups excluding carboxylic acids is 2. The number of rotatable bonds is 6. The summed E-state index contributed by atoms with van der Waals surface area (Å²) in [6, 6.07) is 0.0513. The summed E-state index contributed by atoms with van der Waals surface area (Å²) in [5.74, 6) is -0.140. The van der Waals surface area contributed by atoms with E-state index < -0.39 is 0 Å². The van der Waals surface area contributed by atoms with Gasteiger partial charge < -0.3 is 9.47 Å². The summed E-state index contributed by atoms with van der Waals surface area (Å²) >= 11 is 0. The third kappa shape index (κ3) is 4.44. The van der Waals surface area contributed by atoms with Gasteiger partial charge in [0, 0.05) is 25.1 Å². The first-order valence-corrected chi connectivity index (χ1v) is 8.34. The van der Waals surface area contributed by atoms with Crippen LogP contribution in [0.3, 0.4) is 0 Å². The van der Waals surface area contributed by atoms with Crippen LogP contribution in [-0.4, -0.2) is 48.7 Å². The Labute approximate surface area is 138 Å². The Morgan fingerprint density at radius 3 is 2.83 bits per heavy atom. The Morgan fingerprint density at radius 1 is 1.43 bits per heavy atom.